The second-order valence-corrected chi connectivity index (χ2v) is 6.06. The van der Waals surface area contributed by atoms with E-state index in [9.17, 15) is 8.78 Å². The molecule has 0 aliphatic rings. The lowest BCUT2D eigenvalue weighted by atomic mass is 10.0. The zero-order valence-electron chi connectivity index (χ0n) is 11.5. The quantitative estimate of drug-likeness (QED) is 0.909. The standard InChI is InChI=1S/C16H17F2NS/c1-10-7-14(5-3-12(10)8-11(2)19)20-16-6-4-13(17)9-15(16)18/h3-7,9,11H,8,19H2,1-2H3. The number of hydrogen-bond acceptors (Lipinski definition) is 2. The summed E-state index contributed by atoms with van der Waals surface area (Å²) in [6.45, 7) is 3.98. The number of hydrogen-bond donors (Lipinski definition) is 1. The number of nitrogens with two attached hydrogens (primary N) is 1. The monoisotopic (exact) mass is 293 g/mol. The van der Waals surface area contributed by atoms with E-state index in [2.05, 4.69) is 0 Å². The Morgan fingerprint density at radius 1 is 1.15 bits per heavy atom. The molecule has 20 heavy (non-hydrogen) atoms. The lowest BCUT2D eigenvalue weighted by Gasteiger charge is -2.11. The van der Waals surface area contributed by atoms with E-state index < -0.39 is 11.6 Å². The predicted octanol–water partition coefficient (Wildman–Crippen LogP) is 4.31. The summed E-state index contributed by atoms with van der Waals surface area (Å²) in [5.41, 5.74) is 8.13. The van der Waals surface area contributed by atoms with Crippen molar-refractivity contribution >= 4 is 11.8 Å². The van der Waals surface area contributed by atoms with E-state index in [1.165, 1.54) is 29.5 Å². The van der Waals surface area contributed by atoms with Crippen LogP contribution in [0.2, 0.25) is 0 Å². The highest BCUT2D eigenvalue weighted by Crippen LogP contribution is 2.31. The van der Waals surface area contributed by atoms with Gasteiger partial charge in [-0.05, 0) is 55.7 Å². The van der Waals surface area contributed by atoms with Gasteiger partial charge in [-0.3, -0.25) is 0 Å². The minimum absolute atomic E-state index is 0.113. The first-order chi connectivity index (χ1) is 9.45. The molecule has 0 radical (unpaired) electrons. The summed E-state index contributed by atoms with van der Waals surface area (Å²) in [7, 11) is 0. The van der Waals surface area contributed by atoms with Crippen molar-refractivity contribution in [3.63, 3.8) is 0 Å². The summed E-state index contributed by atoms with van der Waals surface area (Å²) in [5.74, 6) is -1.09. The molecule has 0 spiro atoms. The van der Waals surface area contributed by atoms with Gasteiger partial charge >= 0.3 is 0 Å². The van der Waals surface area contributed by atoms with Crippen LogP contribution in [0.25, 0.3) is 0 Å². The Morgan fingerprint density at radius 2 is 1.90 bits per heavy atom. The van der Waals surface area contributed by atoms with Gasteiger partial charge in [-0.15, -0.1) is 0 Å². The van der Waals surface area contributed by atoms with Crippen LogP contribution in [0.1, 0.15) is 18.1 Å². The Hall–Kier alpha value is -1.39. The first-order valence-corrected chi connectivity index (χ1v) is 7.25. The third-order valence-electron chi connectivity index (χ3n) is 2.98. The molecule has 1 nitrogen and oxygen atoms in total. The molecule has 1 unspecified atom stereocenters. The summed E-state index contributed by atoms with van der Waals surface area (Å²) in [5, 5.41) is 0. The second kappa shape index (κ2) is 6.37. The van der Waals surface area contributed by atoms with Gasteiger partial charge in [0.25, 0.3) is 0 Å². The molecule has 0 heterocycles. The fourth-order valence-electron chi connectivity index (χ4n) is 1.99. The number of aryl methyl sites for hydroxylation is 1. The number of benzene rings is 2. The fourth-order valence-corrected chi connectivity index (χ4v) is 2.91. The number of rotatable bonds is 4. The molecule has 0 bridgehead atoms. The summed E-state index contributed by atoms with van der Waals surface area (Å²) >= 11 is 1.29. The number of halogens is 2. The molecule has 0 aliphatic carbocycles. The van der Waals surface area contributed by atoms with Gasteiger partial charge in [0, 0.05) is 21.9 Å². The van der Waals surface area contributed by atoms with Crippen molar-refractivity contribution in [1.29, 1.82) is 0 Å². The molecule has 2 aromatic rings. The molecular formula is C16H17F2NS. The van der Waals surface area contributed by atoms with Crippen LogP contribution in [0.3, 0.4) is 0 Å². The Bertz CT molecular complexity index is 611. The Balaban J connectivity index is 2.20. The van der Waals surface area contributed by atoms with Gasteiger partial charge in [-0.2, -0.15) is 0 Å². The van der Waals surface area contributed by atoms with Crippen molar-refractivity contribution in [3.05, 3.63) is 59.2 Å². The van der Waals surface area contributed by atoms with Crippen molar-refractivity contribution < 1.29 is 8.78 Å². The predicted molar refractivity (Wildman–Crippen MR) is 79.0 cm³/mol. The van der Waals surface area contributed by atoms with Crippen LogP contribution in [0, 0.1) is 18.6 Å². The van der Waals surface area contributed by atoms with Crippen LogP contribution < -0.4 is 5.73 Å². The zero-order valence-corrected chi connectivity index (χ0v) is 12.3. The molecule has 2 rings (SSSR count). The summed E-state index contributed by atoms with van der Waals surface area (Å²) in [6, 6.07) is 9.70. The smallest absolute Gasteiger partial charge is 0.140 e. The minimum Gasteiger partial charge on any atom is -0.328 e. The molecule has 106 valence electrons. The van der Waals surface area contributed by atoms with E-state index in [1.807, 2.05) is 32.0 Å². The van der Waals surface area contributed by atoms with Gasteiger partial charge in [0.15, 0.2) is 0 Å². The van der Waals surface area contributed by atoms with Crippen molar-refractivity contribution in [2.75, 3.05) is 0 Å². The van der Waals surface area contributed by atoms with E-state index in [4.69, 9.17) is 5.73 Å². The van der Waals surface area contributed by atoms with E-state index in [1.54, 1.807) is 0 Å². The van der Waals surface area contributed by atoms with E-state index in [-0.39, 0.29) is 6.04 Å². The molecule has 2 aromatic carbocycles. The third kappa shape index (κ3) is 3.81. The zero-order chi connectivity index (χ0) is 14.7. The molecule has 0 aliphatic heterocycles. The van der Waals surface area contributed by atoms with Crippen LogP contribution in [0.5, 0.6) is 0 Å². The van der Waals surface area contributed by atoms with Gasteiger partial charge in [-0.25, -0.2) is 8.78 Å². The van der Waals surface area contributed by atoms with E-state index in [0.717, 1.165) is 22.9 Å². The maximum atomic E-state index is 13.6. The molecular weight excluding hydrogens is 276 g/mol. The molecule has 0 fully saturated rings. The van der Waals surface area contributed by atoms with Gasteiger partial charge in [0.2, 0.25) is 0 Å². The first-order valence-electron chi connectivity index (χ1n) is 6.43. The molecule has 4 heteroatoms. The van der Waals surface area contributed by atoms with Crippen molar-refractivity contribution in [1.82, 2.24) is 0 Å². The van der Waals surface area contributed by atoms with Crippen LogP contribution in [0.4, 0.5) is 8.78 Å². The summed E-state index contributed by atoms with van der Waals surface area (Å²) in [6.07, 6.45) is 0.821. The van der Waals surface area contributed by atoms with Gasteiger partial charge in [-0.1, -0.05) is 17.8 Å². The Labute approximate surface area is 122 Å². The van der Waals surface area contributed by atoms with E-state index in [0.29, 0.717) is 4.90 Å². The average molecular weight is 293 g/mol. The lowest BCUT2D eigenvalue weighted by Crippen LogP contribution is -2.18. The molecule has 0 saturated heterocycles. The highest BCUT2D eigenvalue weighted by atomic mass is 32.2. The molecule has 0 saturated carbocycles. The molecule has 2 N–H and O–H groups in total. The topological polar surface area (TPSA) is 26.0 Å². The fraction of sp³-hybridized carbons (Fsp3) is 0.250. The Morgan fingerprint density at radius 3 is 2.50 bits per heavy atom. The maximum Gasteiger partial charge on any atom is 0.140 e. The summed E-state index contributed by atoms with van der Waals surface area (Å²) in [4.78, 5) is 1.35. The Kier molecular flexibility index (Phi) is 4.78. The van der Waals surface area contributed by atoms with Crippen LogP contribution >= 0.6 is 11.8 Å². The normalized spacial score (nSPS) is 12.4. The third-order valence-corrected chi connectivity index (χ3v) is 4.02. The SMILES string of the molecule is Cc1cc(Sc2ccc(F)cc2F)ccc1CC(C)N. The second-order valence-electron chi connectivity index (χ2n) is 4.95. The largest absolute Gasteiger partial charge is 0.328 e. The summed E-state index contributed by atoms with van der Waals surface area (Å²) < 4.78 is 26.5. The van der Waals surface area contributed by atoms with Crippen LogP contribution in [-0.2, 0) is 6.42 Å². The van der Waals surface area contributed by atoms with Gasteiger partial charge in [0.05, 0.1) is 0 Å². The first kappa shape index (κ1) is 15.0. The van der Waals surface area contributed by atoms with Crippen molar-refractivity contribution in [3.8, 4) is 0 Å². The lowest BCUT2D eigenvalue weighted by molar-refractivity contribution is 0.565. The van der Waals surface area contributed by atoms with Crippen molar-refractivity contribution in [2.24, 2.45) is 5.73 Å². The molecule has 1 atom stereocenters. The van der Waals surface area contributed by atoms with Gasteiger partial charge < -0.3 is 5.73 Å². The van der Waals surface area contributed by atoms with Crippen molar-refractivity contribution in [2.45, 2.75) is 36.1 Å². The van der Waals surface area contributed by atoms with E-state index >= 15 is 0 Å². The molecule has 0 amide bonds. The highest BCUT2D eigenvalue weighted by Gasteiger charge is 2.08. The van der Waals surface area contributed by atoms with Crippen LogP contribution in [0.15, 0.2) is 46.2 Å². The van der Waals surface area contributed by atoms with Crippen LogP contribution in [-0.4, -0.2) is 6.04 Å². The van der Waals surface area contributed by atoms with Gasteiger partial charge in [0.1, 0.15) is 11.6 Å². The molecule has 0 aromatic heterocycles. The maximum absolute atomic E-state index is 13.6. The highest BCUT2D eigenvalue weighted by molar-refractivity contribution is 7.99. The minimum atomic E-state index is -0.560. The average Bonchev–Trinajstić information content (AvgIpc) is 2.36.